The Morgan fingerprint density at radius 3 is 2.70 bits per heavy atom. The number of nitrogens with one attached hydrogen (secondary N) is 1. The molecule has 2 aliphatic heterocycles. The topological polar surface area (TPSA) is 84.2 Å². The molecule has 7 heteroatoms. The van der Waals surface area contributed by atoms with E-state index in [1.54, 1.807) is 24.3 Å². The molecule has 3 aromatic rings. The Hall–Kier alpha value is -3.29. The molecule has 1 amide bonds. The molecule has 0 spiro atoms. The van der Waals surface area contributed by atoms with Gasteiger partial charge in [0.1, 0.15) is 5.58 Å². The molecule has 1 fully saturated rings. The first-order valence-corrected chi connectivity index (χ1v) is 11.3. The highest BCUT2D eigenvalue weighted by atomic mass is 16.7. The lowest BCUT2D eigenvalue weighted by molar-refractivity contribution is -0.0238. The van der Waals surface area contributed by atoms with Gasteiger partial charge >= 0.3 is 0 Å². The molecule has 0 aliphatic carbocycles. The van der Waals surface area contributed by atoms with E-state index in [0.29, 0.717) is 35.6 Å². The molecule has 1 saturated heterocycles. The molecule has 2 aromatic carbocycles. The molecule has 0 radical (unpaired) electrons. The van der Waals surface area contributed by atoms with Crippen LogP contribution in [0.5, 0.6) is 11.5 Å². The molecule has 2 N–H and O–H groups in total. The van der Waals surface area contributed by atoms with Gasteiger partial charge in [-0.1, -0.05) is 17.7 Å². The van der Waals surface area contributed by atoms with Gasteiger partial charge in [0.15, 0.2) is 17.3 Å². The summed E-state index contributed by atoms with van der Waals surface area (Å²) in [6.45, 7) is 6.99. The van der Waals surface area contributed by atoms with Crippen LogP contribution < -0.4 is 14.8 Å². The number of likely N-dealkylation sites (tertiary alicyclic amines) is 1. The van der Waals surface area contributed by atoms with E-state index < -0.39 is 5.60 Å². The van der Waals surface area contributed by atoms with Crippen LogP contribution >= 0.6 is 0 Å². The van der Waals surface area contributed by atoms with Crippen LogP contribution in [-0.2, 0) is 5.60 Å². The lowest BCUT2D eigenvalue weighted by Crippen LogP contribution is -2.43. The van der Waals surface area contributed by atoms with Crippen LogP contribution in [0.1, 0.15) is 42.8 Å². The first-order valence-electron chi connectivity index (χ1n) is 11.3. The van der Waals surface area contributed by atoms with Gasteiger partial charge in [-0.25, -0.2) is 0 Å². The minimum atomic E-state index is -0.874. The fraction of sp³-hybridized carbons (Fsp3) is 0.346. The number of benzene rings is 2. The monoisotopic (exact) mass is 448 g/mol. The zero-order chi connectivity index (χ0) is 23.0. The van der Waals surface area contributed by atoms with E-state index in [9.17, 15) is 9.90 Å². The minimum absolute atomic E-state index is 0.179. The van der Waals surface area contributed by atoms with E-state index in [1.165, 1.54) is 5.57 Å². The second-order valence-electron chi connectivity index (χ2n) is 8.83. The molecule has 0 saturated carbocycles. The van der Waals surface area contributed by atoms with Crippen molar-refractivity contribution in [3.8, 4) is 11.5 Å². The SMILES string of the molecule is C/C=C(\C)CN1CCC(O)(c2ccc3oc(C(=O)Nc4ccc5c(c4)OCO5)cc3c2)CC1. The Balaban J connectivity index is 1.30. The zero-order valence-corrected chi connectivity index (χ0v) is 18.9. The van der Waals surface area contributed by atoms with E-state index in [1.807, 2.05) is 18.2 Å². The highest BCUT2D eigenvalue weighted by Crippen LogP contribution is 2.36. The van der Waals surface area contributed by atoms with Crippen molar-refractivity contribution < 1.29 is 23.8 Å². The highest BCUT2D eigenvalue weighted by Gasteiger charge is 2.34. The lowest BCUT2D eigenvalue weighted by Gasteiger charge is -2.38. The van der Waals surface area contributed by atoms with Gasteiger partial charge in [-0.2, -0.15) is 0 Å². The van der Waals surface area contributed by atoms with Gasteiger partial charge < -0.3 is 24.3 Å². The quantitative estimate of drug-likeness (QED) is 0.552. The molecular weight excluding hydrogens is 420 g/mol. The number of anilines is 1. The number of hydrogen-bond donors (Lipinski definition) is 2. The predicted octanol–water partition coefficient (Wildman–Crippen LogP) is 4.66. The molecule has 7 nitrogen and oxygen atoms in total. The Morgan fingerprint density at radius 1 is 1.12 bits per heavy atom. The second kappa shape index (κ2) is 8.57. The van der Waals surface area contributed by atoms with E-state index in [2.05, 4.69) is 30.1 Å². The van der Waals surface area contributed by atoms with Gasteiger partial charge in [0.2, 0.25) is 6.79 Å². The summed E-state index contributed by atoms with van der Waals surface area (Å²) < 4.78 is 16.4. The summed E-state index contributed by atoms with van der Waals surface area (Å²) in [7, 11) is 0. The fourth-order valence-corrected chi connectivity index (χ4v) is 4.43. The Bertz CT molecular complexity index is 1220. The average Bonchev–Trinajstić information content (AvgIpc) is 3.46. The van der Waals surface area contributed by atoms with Crippen LogP contribution in [0.3, 0.4) is 0 Å². The van der Waals surface area contributed by atoms with Crippen molar-refractivity contribution in [2.24, 2.45) is 0 Å². The highest BCUT2D eigenvalue weighted by molar-refractivity contribution is 6.04. The maximum Gasteiger partial charge on any atom is 0.291 e. The van der Waals surface area contributed by atoms with Crippen LogP contribution in [0.2, 0.25) is 0 Å². The number of piperidine rings is 1. The maximum atomic E-state index is 12.7. The molecule has 2 aliphatic rings. The summed E-state index contributed by atoms with van der Waals surface area (Å²) >= 11 is 0. The zero-order valence-electron chi connectivity index (χ0n) is 18.9. The number of fused-ring (bicyclic) bond motifs is 2. The molecule has 5 rings (SSSR count). The molecule has 0 unspecified atom stereocenters. The van der Waals surface area contributed by atoms with Crippen molar-refractivity contribution in [2.45, 2.75) is 32.3 Å². The molecule has 0 bridgehead atoms. The van der Waals surface area contributed by atoms with Gasteiger partial charge in [0.25, 0.3) is 5.91 Å². The Morgan fingerprint density at radius 2 is 1.91 bits per heavy atom. The molecule has 3 heterocycles. The molecule has 0 atom stereocenters. The second-order valence-corrected chi connectivity index (χ2v) is 8.83. The standard InChI is InChI=1S/C26H28N2O5/c1-3-17(2)15-28-10-8-26(30,9-11-28)19-4-6-21-18(12-19)13-24(33-21)25(29)27-20-5-7-22-23(14-20)32-16-31-22/h3-7,12-14,30H,8-11,15-16H2,1-2H3,(H,27,29)/b17-3+. The minimum Gasteiger partial charge on any atom is -0.454 e. The van der Waals surface area contributed by atoms with Gasteiger partial charge in [-0.05, 0) is 62.6 Å². The molecule has 1 aromatic heterocycles. The third-order valence-electron chi connectivity index (χ3n) is 6.56. The van der Waals surface area contributed by atoms with E-state index in [-0.39, 0.29) is 18.5 Å². The van der Waals surface area contributed by atoms with Gasteiger partial charge in [0, 0.05) is 36.8 Å². The van der Waals surface area contributed by atoms with Gasteiger partial charge in [0.05, 0.1) is 5.60 Å². The predicted molar refractivity (Wildman–Crippen MR) is 126 cm³/mol. The summed E-state index contributed by atoms with van der Waals surface area (Å²) in [5.74, 6) is 1.12. The van der Waals surface area contributed by atoms with Crippen molar-refractivity contribution in [3.05, 3.63) is 65.4 Å². The number of rotatable bonds is 5. The summed E-state index contributed by atoms with van der Waals surface area (Å²) in [4.78, 5) is 15.1. The molecule has 172 valence electrons. The van der Waals surface area contributed by atoms with Gasteiger partial charge in [-0.3, -0.25) is 9.69 Å². The fourth-order valence-electron chi connectivity index (χ4n) is 4.43. The first kappa shape index (κ1) is 21.6. The lowest BCUT2D eigenvalue weighted by atomic mass is 9.84. The van der Waals surface area contributed by atoms with Crippen LogP contribution in [-0.4, -0.2) is 42.3 Å². The number of allylic oxidation sites excluding steroid dienone is 1. The largest absolute Gasteiger partial charge is 0.454 e. The first-order chi connectivity index (χ1) is 15.9. The number of ether oxygens (including phenoxy) is 2. The number of hydrogen-bond acceptors (Lipinski definition) is 6. The van der Waals surface area contributed by atoms with Crippen LogP contribution in [0.4, 0.5) is 5.69 Å². The normalized spacial score (nSPS) is 18.0. The van der Waals surface area contributed by atoms with Crippen LogP contribution in [0, 0.1) is 0 Å². The third-order valence-corrected chi connectivity index (χ3v) is 6.56. The van der Waals surface area contributed by atoms with E-state index in [0.717, 1.165) is 30.6 Å². The summed E-state index contributed by atoms with van der Waals surface area (Å²) in [6.07, 6.45) is 3.48. The van der Waals surface area contributed by atoms with Crippen molar-refractivity contribution in [1.29, 1.82) is 0 Å². The van der Waals surface area contributed by atoms with E-state index in [4.69, 9.17) is 13.9 Å². The summed E-state index contributed by atoms with van der Waals surface area (Å²) in [5.41, 5.74) is 2.53. The number of carbonyl (C=O) groups is 1. The summed E-state index contributed by atoms with van der Waals surface area (Å²) in [5, 5.41) is 15.0. The molecule has 33 heavy (non-hydrogen) atoms. The maximum absolute atomic E-state index is 12.7. The molecular formula is C26H28N2O5. The third kappa shape index (κ3) is 4.34. The van der Waals surface area contributed by atoms with E-state index >= 15 is 0 Å². The van der Waals surface area contributed by atoms with Crippen LogP contribution in [0.15, 0.2) is 58.5 Å². The van der Waals surface area contributed by atoms with Crippen molar-refractivity contribution in [2.75, 3.05) is 31.7 Å². The number of carbonyl (C=O) groups excluding carboxylic acids is 1. The average molecular weight is 449 g/mol. The summed E-state index contributed by atoms with van der Waals surface area (Å²) in [6, 6.07) is 12.6. The Labute approximate surface area is 192 Å². The van der Waals surface area contributed by atoms with Gasteiger partial charge in [-0.15, -0.1) is 0 Å². The van der Waals surface area contributed by atoms with Crippen molar-refractivity contribution >= 4 is 22.6 Å². The van der Waals surface area contributed by atoms with Crippen molar-refractivity contribution in [3.63, 3.8) is 0 Å². The number of nitrogens with zero attached hydrogens (tertiary/aromatic N) is 1. The number of amides is 1. The number of furan rings is 1. The van der Waals surface area contributed by atoms with Crippen molar-refractivity contribution in [1.82, 2.24) is 4.90 Å². The van der Waals surface area contributed by atoms with Crippen LogP contribution in [0.25, 0.3) is 11.0 Å². The Kier molecular flexibility index (Phi) is 5.60. The number of aliphatic hydroxyl groups is 1. The smallest absolute Gasteiger partial charge is 0.291 e.